The van der Waals surface area contributed by atoms with Crippen molar-refractivity contribution in [2.75, 3.05) is 12.0 Å². The van der Waals surface area contributed by atoms with Crippen LogP contribution in [0.5, 0.6) is 0 Å². The number of primary amides is 1. The van der Waals surface area contributed by atoms with Gasteiger partial charge in [0.05, 0.1) is 17.6 Å². The zero-order valence-corrected chi connectivity index (χ0v) is 12.0. The summed E-state index contributed by atoms with van der Waals surface area (Å²) < 4.78 is 18.1. The molecule has 2 heterocycles. The normalized spacial score (nSPS) is 16.1. The van der Waals surface area contributed by atoms with E-state index in [0.717, 1.165) is 12.8 Å². The van der Waals surface area contributed by atoms with E-state index < -0.39 is 12.6 Å². The predicted molar refractivity (Wildman–Crippen MR) is 76.0 cm³/mol. The van der Waals surface area contributed by atoms with Crippen LogP contribution in [0.15, 0.2) is 4.42 Å². The highest BCUT2D eigenvalue weighted by atomic mass is 19.1. The number of furan rings is 1. The van der Waals surface area contributed by atoms with E-state index in [-0.39, 0.29) is 23.2 Å². The second-order valence-corrected chi connectivity index (χ2v) is 5.69. The number of fused-ring (bicyclic) bond motifs is 1. The molecule has 7 heteroatoms. The van der Waals surface area contributed by atoms with Crippen molar-refractivity contribution in [3.63, 3.8) is 0 Å². The predicted octanol–water partition coefficient (Wildman–Crippen LogP) is 2.11. The molecule has 1 aliphatic rings. The van der Waals surface area contributed by atoms with Crippen LogP contribution >= 0.6 is 0 Å². The molecule has 21 heavy (non-hydrogen) atoms. The van der Waals surface area contributed by atoms with E-state index in [1.807, 2.05) is 0 Å². The standard InChI is InChI=1S/C14H17FN4O2/c1-7-9(11(16)20)10-12(19-14(2)4-5-14)17-8(3-6-15)18-13(10)21-7/h3-6H2,1-2H3,(H2,16,20)(H,17,18,19). The summed E-state index contributed by atoms with van der Waals surface area (Å²) in [6.45, 7) is 3.16. The number of halogens is 1. The van der Waals surface area contributed by atoms with Crippen LogP contribution in [-0.4, -0.2) is 28.1 Å². The number of amides is 1. The molecule has 0 unspecified atom stereocenters. The second-order valence-electron chi connectivity index (χ2n) is 5.69. The van der Waals surface area contributed by atoms with Crippen LogP contribution in [0.4, 0.5) is 10.2 Å². The van der Waals surface area contributed by atoms with Crippen LogP contribution in [0.25, 0.3) is 11.1 Å². The summed E-state index contributed by atoms with van der Waals surface area (Å²) in [5.74, 6) is 0.654. The van der Waals surface area contributed by atoms with Gasteiger partial charge in [0, 0.05) is 12.0 Å². The van der Waals surface area contributed by atoms with E-state index in [0.29, 0.717) is 22.8 Å². The Bertz CT molecular complexity index is 721. The average Bonchev–Trinajstić information content (AvgIpc) is 2.99. The van der Waals surface area contributed by atoms with Crippen molar-refractivity contribution >= 4 is 22.8 Å². The summed E-state index contributed by atoms with van der Waals surface area (Å²) >= 11 is 0. The SMILES string of the molecule is Cc1oc2nc(CCF)nc(NC3(C)CC3)c2c1C(N)=O. The van der Waals surface area contributed by atoms with Crippen LogP contribution in [-0.2, 0) is 6.42 Å². The Morgan fingerprint density at radius 2 is 2.19 bits per heavy atom. The lowest BCUT2D eigenvalue weighted by Gasteiger charge is -2.14. The van der Waals surface area contributed by atoms with Crippen LogP contribution in [0.3, 0.4) is 0 Å². The van der Waals surface area contributed by atoms with Crippen molar-refractivity contribution < 1.29 is 13.6 Å². The Balaban J connectivity index is 2.21. The average molecular weight is 292 g/mol. The smallest absolute Gasteiger partial charge is 0.253 e. The van der Waals surface area contributed by atoms with Gasteiger partial charge in [0.2, 0.25) is 5.71 Å². The van der Waals surface area contributed by atoms with Crippen LogP contribution in [0.1, 0.15) is 41.7 Å². The summed E-state index contributed by atoms with van der Waals surface area (Å²) in [6.07, 6.45) is 2.13. The number of aromatic nitrogens is 2. The summed E-state index contributed by atoms with van der Waals surface area (Å²) in [7, 11) is 0. The Labute approximate surface area is 120 Å². The highest BCUT2D eigenvalue weighted by Gasteiger charge is 2.38. The number of hydrogen-bond acceptors (Lipinski definition) is 5. The minimum atomic E-state index is -0.586. The minimum absolute atomic E-state index is 0.0473. The molecule has 112 valence electrons. The lowest BCUT2D eigenvalue weighted by atomic mass is 10.1. The first kappa shape index (κ1) is 13.8. The number of carbonyl (C=O) groups is 1. The molecule has 0 aliphatic heterocycles. The summed E-state index contributed by atoms with van der Waals surface area (Å²) in [4.78, 5) is 20.2. The number of nitrogens with one attached hydrogen (secondary N) is 1. The molecule has 1 aliphatic carbocycles. The highest BCUT2D eigenvalue weighted by Crippen LogP contribution is 2.40. The maximum atomic E-state index is 12.6. The first-order valence-corrected chi connectivity index (χ1v) is 6.87. The summed E-state index contributed by atoms with van der Waals surface area (Å²) in [5.41, 5.74) is 5.93. The number of hydrogen-bond donors (Lipinski definition) is 2. The maximum Gasteiger partial charge on any atom is 0.253 e. The van der Waals surface area contributed by atoms with Crippen molar-refractivity contribution in [3.05, 3.63) is 17.1 Å². The number of nitrogens with two attached hydrogens (primary N) is 1. The molecule has 0 bridgehead atoms. The molecule has 0 aromatic carbocycles. The van der Waals surface area contributed by atoms with E-state index >= 15 is 0 Å². The maximum absolute atomic E-state index is 12.6. The number of alkyl halides is 1. The van der Waals surface area contributed by atoms with Gasteiger partial charge in [0.1, 0.15) is 17.4 Å². The first-order valence-electron chi connectivity index (χ1n) is 6.87. The fourth-order valence-corrected chi connectivity index (χ4v) is 2.34. The van der Waals surface area contributed by atoms with Gasteiger partial charge in [-0.2, -0.15) is 4.98 Å². The van der Waals surface area contributed by atoms with Gasteiger partial charge in [0.15, 0.2) is 0 Å². The largest absolute Gasteiger partial charge is 0.442 e. The van der Waals surface area contributed by atoms with Gasteiger partial charge in [-0.25, -0.2) is 4.98 Å². The van der Waals surface area contributed by atoms with Crippen LogP contribution in [0.2, 0.25) is 0 Å². The molecule has 1 fully saturated rings. The molecule has 0 radical (unpaired) electrons. The van der Waals surface area contributed by atoms with Crippen molar-refractivity contribution in [2.24, 2.45) is 5.73 Å². The number of nitrogens with zero attached hydrogens (tertiary/aromatic N) is 2. The fourth-order valence-electron chi connectivity index (χ4n) is 2.34. The number of anilines is 1. The third-order valence-corrected chi connectivity index (χ3v) is 3.76. The fraction of sp³-hybridized carbons (Fsp3) is 0.500. The summed E-state index contributed by atoms with van der Waals surface area (Å²) in [5, 5.41) is 3.78. The number of carbonyl (C=O) groups excluding carboxylic acids is 1. The summed E-state index contributed by atoms with van der Waals surface area (Å²) in [6, 6.07) is 0. The minimum Gasteiger partial charge on any atom is -0.442 e. The molecular weight excluding hydrogens is 275 g/mol. The molecule has 3 rings (SSSR count). The second kappa shape index (κ2) is 4.68. The lowest BCUT2D eigenvalue weighted by Crippen LogP contribution is -2.19. The van der Waals surface area contributed by atoms with Gasteiger partial charge in [0.25, 0.3) is 5.91 Å². The van der Waals surface area contributed by atoms with E-state index in [1.165, 1.54) is 0 Å². The van der Waals surface area contributed by atoms with Gasteiger partial charge in [-0.3, -0.25) is 9.18 Å². The lowest BCUT2D eigenvalue weighted by molar-refractivity contribution is 0.1000. The Hall–Kier alpha value is -2.18. The van der Waals surface area contributed by atoms with Crippen molar-refractivity contribution in [1.82, 2.24) is 9.97 Å². The molecular formula is C14H17FN4O2. The molecule has 2 aromatic rings. The molecule has 0 saturated heterocycles. The molecule has 1 saturated carbocycles. The Morgan fingerprint density at radius 3 is 2.76 bits per heavy atom. The van der Waals surface area contributed by atoms with E-state index in [9.17, 15) is 9.18 Å². The molecule has 3 N–H and O–H groups in total. The number of rotatable bonds is 5. The zero-order valence-electron chi connectivity index (χ0n) is 12.0. The topological polar surface area (TPSA) is 94.0 Å². The first-order chi connectivity index (χ1) is 9.93. The number of aryl methyl sites for hydroxylation is 2. The van der Waals surface area contributed by atoms with Gasteiger partial charge < -0.3 is 15.5 Å². The molecule has 6 nitrogen and oxygen atoms in total. The zero-order chi connectivity index (χ0) is 15.2. The molecule has 0 spiro atoms. The van der Waals surface area contributed by atoms with Crippen molar-refractivity contribution in [1.29, 1.82) is 0 Å². The third-order valence-electron chi connectivity index (χ3n) is 3.76. The Morgan fingerprint density at radius 1 is 1.48 bits per heavy atom. The molecule has 0 atom stereocenters. The van der Waals surface area contributed by atoms with Crippen LogP contribution in [0, 0.1) is 6.92 Å². The molecule has 1 amide bonds. The van der Waals surface area contributed by atoms with Gasteiger partial charge in [-0.15, -0.1) is 0 Å². The molecule has 2 aromatic heterocycles. The van der Waals surface area contributed by atoms with E-state index in [1.54, 1.807) is 6.92 Å². The van der Waals surface area contributed by atoms with Crippen LogP contribution < -0.4 is 11.1 Å². The Kier molecular flexibility index (Phi) is 3.07. The van der Waals surface area contributed by atoms with Gasteiger partial charge in [-0.1, -0.05) is 0 Å². The highest BCUT2D eigenvalue weighted by molar-refractivity contribution is 6.09. The van der Waals surface area contributed by atoms with E-state index in [2.05, 4.69) is 22.2 Å². The van der Waals surface area contributed by atoms with Crippen molar-refractivity contribution in [2.45, 2.75) is 38.6 Å². The monoisotopic (exact) mass is 292 g/mol. The van der Waals surface area contributed by atoms with E-state index in [4.69, 9.17) is 10.2 Å². The quantitative estimate of drug-likeness (QED) is 0.880. The third kappa shape index (κ3) is 2.43. The van der Waals surface area contributed by atoms with Crippen molar-refractivity contribution in [3.8, 4) is 0 Å². The van der Waals surface area contributed by atoms with Gasteiger partial charge >= 0.3 is 0 Å². The van der Waals surface area contributed by atoms with Gasteiger partial charge in [-0.05, 0) is 26.7 Å².